The van der Waals surface area contributed by atoms with E-state index in [-0.39, 0.29) is 5.97 Å². The number of rotatable bonds is 3. The van der Waals surface area contributed by atoms with Crippen LogP contribution >= 0.6 is 0 Å². The van der Waals surface area contributed by atoms with Gasteiger partial charge in [-0.2, -0.15) is 0 Å². The first kappa shape index (κ1) is 11.3. The average Bonchev–Trinajstić information content (AvgIpc) is 3.09. The number of aromatic nitrogens is 2. The van der Waals surface area contributed by atoms with Gasteiger partial charge in [0.2, 0.25) is 0 Å². The van der Waals surface area contributed by atoms with Crippen LogP contribution in [0.25, 0.3) is 5.65 Å². The number of carbonyl (C=O) groups is 1. The molecule has 0 atom stereocenters. The molecule has 0 aliphatic heterocycles. The first-order valence-electron chi connectivity index (χ1n) is 6.36. The Morgan fingerprint density at radius 2 is 2.33 bits per heavy atom. The largest absolute Gasteiger partial charge is 0.462 e. The Kier molecular flexibility index (Phi) is 2.58. The number of fused-ring (bicyclic) bond motifs is 1. The third-order valence-electron chi connectivity index (χ3n) is 3.27. The topological polar surface area (TPSA) is 43.6 Å². The van der Waals surface area contributed by atoms with Crippen LogP contribution in [-0.4, -0.2) is 22.0 Å². The quantitative estimate of drug-likeness (QED) is 0.780. The SMILES string of the molecule is CCOC(=O)c1ccn2c(C3CC3)cc(C)nc12. The maximum absolute atomic E-state index is 11.9. The first-order chi connectivity index (χ1) is 8.70. The number of hydrogen-bond acceptors (Lipinski definition) is 3. The Bertz CT molecular complexity index is 612. The fourth-order valence-corrected chi connectivity index (χ4v) is 2.29. The Morgan fingerprint density at radius 3 is 3.00 bits per heavy atom. The van der Waals surface area contributed by atoms with Crippen LogP contribution in [0.2, 0.25) is 0 Å². The van der Waals surface area contributed by atoms with Crippen molar-refractivity contribution in [2.75, 3.05) is 6.61 Å². The lowest BCUT2D eigenvalue weighted by Gasteiger charge is -2.07. The van der Waals surface area contributed by atoms with Gasteiger partial charge in [0.05, 0.1) is 6.61 Å². The van der Waals surface area contributed by atoms with Gasteiger partial charge in [0.25, 0.3) is 0 Å². The van der Waals surface area contributed by atoms with Crippen molar-refractivity contribution in [3.63, 3.8) is 0 Å². The van der Waals surface area contributed by atoms with Crippen LogP contribution in [0, 0.1) is 6.92 Å². The Balaban J connectivity index is 2.15. The van der Waals surface area contributed by atoms with Gasteiger partial charge in [-0.1, -0.05) is 0 Å². The second-order valence-electron chi connectivity index (χ2n) is 4.74. The molecule has 0 saturated heterocycles. The second-order valence-corrected chi connectivity index (χ2v) is 4.74. The van der Waals surface area contributed by atoms with Crippen LogP contribution in [0.1, 0.15) is 47.4 Å². The zero-order valence-electron chi connectivity index (χ0n) is 10.6. The van der Waals surface area contributed by atoms with Crippen molar-refractivity contribution < 1.29 is 9.53 Å². The molecule has 2 aromatic rings. The van der Waals surface area contributed by atoms with Gasteiger partial charge in [0, 0.05) is 17.6 Å². The van der Waals surface area contributed by atoms with E-state index >= 15 is 0 Å². The van der Waals surface area contributed by atoms with Crippen LogP contribution < -0.4 is 0 Å². The van der Waals surface area contributed by atoms with E-state index in [4.69, 9.17) is 4.74 Å². The molecule has 18 heavy (non-hydrogen) atoms. The van der Waals surface area contributed by atoms with Gasteiger partial charge in [-0.15, -0.1) is 0 Å². The first-order valence-corrected chi connectivity index (χ1v) is 6.36. The number of hydrogen-bond donors (Lipinski definition) is 0. The molecule has 0 unspecified atom stereocenters. The van der Waals surface area contributed by atoms with E-state index in [1.807, 2.05) is 24.4 Å². The van der Waals surface area contributed by atoms with Crippen molar-refractivity contribution in [3.8, 4) is 0 Å². The van der Waals surface area contributed by atoms with Crippen molar-refractivity contribution in [1.82, 2.24) is 9.38 Å². The van der Waals surface area contributed by atoms with Gasteiger partial charge < -0.3 is 9.14 Å². The predicted octanol–water partition coefficient (Wildman–Crippen LogP) is 2.70. The Morgan fingerprint density at radius 1 is 1.56 bits per heavy atom. The molecule has 4 nitrogen and oxygen atoms in total. The number of esters is 1. The van der Waals surface area contributed by atoms with Crippen LogP contribution in [-0.2, 0) is 4.74 Å². The van der Waals surface area contributed by atoms with E-state index in [0.29, 0.717) is 18.1 Å². The van der Waals surface area contributed by atoms with Crippen LogP contribution in [0.4, 0.5) is 0 Å². The summed E-state index contributed by atoms with van der Waals surface area (Å²) in [6.45, 7) is 4.16. The van der Waals surface area contributed by atoms with Gasteiger partial charge in [-0.05, 0) is 44.7 Å². The number of ether oxygens (including phenoxy) is 1. The molecular weight excluding hydrogens is 228 g/mol. The molecule has 1 aliphatic carbocycles. The highest BCUT2D eigenvalue weighted by Crippen LogP contribution is 2.40. The smallest absolute Gasteiger partial charge is 0.341 e. The van der Waals surface area contributed by atoms with E-state index in [9.17, 15) is 4.79 Å². The fourth-order valence-electron chi connectivity index (χ4n) is 2.29. The summed E-state index contributed by atoms with van der Waals surface area (Å²) in [5.74, 6) is 0.330. The highest BCUT2D eigenvalue weighted by Gasteiger charge is 2.27. The highest BCUT2D eigenvalue weighted by atomic mass is 16.5. The molecule has 1 fully saturated rings. The van der Waals surface area contributed by atoms with Gasteiger partial charge in [-0.25, -0.2) is 9.78 Å². The number of nitrogens with zero attached hydrogens (tertiary/aromatic N) is 2. The maximum Gasteiger partial charge on any atom is 0.341 e. The summed E-state index contributed by atoms with van der Waals surface area (Å²) in [6.07, 6.45) is 4.37. The molecule has 2 heterocycles. The Labute approximate surface area is 106 Å². The lowest BCUT2D eigenvalue weighted by Crippen LogP contribution is -2.06. The normalized spacial score (nSPS) is 15.0. The predicted molar refractivity (Wildman–Crippen MR) is 67.9 cm³/mol. The molecule has 0 spiro atoms. The lowest BCUT2D eigenvalue weighted by molar-refractivity contribution is 0.0528. The molecule has 1 saturated carbocycles. The standard InChI is InChI=1S/C14H16N2O2/c1-3-18-14(17)11-6-7-16-12(10-4-5-10)8-9(2)15-13(11)16/h6-8,10H,3-5H2,1-2H3. The van der Waals surface area contributed by atoms with Gasteiger partial charge in [-0.3, -0.25) is 0 Å². The highest BCUT2D eigenvalue weighted by molar-refractivity contribution is 5.96. The van der Waals surface area contributed by atoms with E-state index in [2.05, 4.69) is 11.1 Å². The van der Waals surface area contributed by atoms with E-state index in [0.717, 1.165) is 11.3 Å². The van der Waals surface area contributed by atoms with E-state index in [1.54, 1.807) is 6.07 Å². The summed E-state index contributed by atoms with van der Waals surface area (Å²) < 4.78 is 7.08. The monoisotopic (exact) mass is 244 g/mol. The van der Waals surface area contributed by atoms with Gasteiger partial charge >= 0.3 is 5.97 Å². The fraction of sp³-hybridized carbons (Fsp3) is 0.429. The lowest BCUT2D eigenvalue weighted by atomic mass is 10.2. The third kappa shape index (κ3) is 1.78. The van der Waals surface area contributed by atoms with Crippen LogP contribution in [0.3, 0.4) is 0 Å². The molecule has 2 aromatic heterocycles. The molecule has 0 N–H and O–H groups in total. The van der Waals surface area contributed by atoms with Crippen LogP contribution in [0.15, 0.2) is 18.3 Å². The van der Waals surface area contributed by atoms with Crippen molar-refractivity contribution >= 4 is 11.6 Å². The third-order valence-corrected chi connectivity index (χ3v) is 3.27. The van der Waals surface area contributed by atoms with Crippen molar-refractivity contribution in [1.29, 1.82) is 0 Å². The molecular formula is C14H16N2O2. The average molecular weight is 244 g/mol. The summed E-state index contributed by atoms with van der Waals surface area (Å²) in [5, 5.41) is 0. The van der Waals surface area contributed by atoms with Crippen molar-refractivity contribution in [2.24, 2.45) is 0 Å². The summed E-state index contributed by atoms with van der Waals surface area (Å²) in [7, 11) is 0. The van der Waals surface area contributed by atoms with Crippen molar-refractivity contribution in [3.05, 3.63) is 35.3 Å². The second kappa shape index (κ2) is 4.12. The molecule has 0 aromatic carbocycles. The maximum atomic E-state index is 11.9. The minimum Gasteiger partial charge on any atom is -0.462 e. The molecule has 3 rings (SSSR count). The zero-order valence-corrected chi connectivity index (χ0v) is 10.6. The summed E-state index contributed by atoms with van der Waals surface area (Å²) >= 11 is 0. The van der Waals surface area contributed by atoms with Gasteiger partial charge in [0.15, 0.2) is 5.65 Å². The molecule has 0 radical (unpaired) electrons. The minimum atomic E-state index is -0.292. The van der Waals surface area contributed by atoms with Crippen molar-refractivity contribution in [2.45, 2.75) is 32.6 Å². The molecule has 1 aliphatic rings. The summed E-state index contributed by atoms with van der Waals surface area (Å²) in [4.78, 5) is 16.3. The molecule has 0 bridgehead atoms. The minimum absolute atomic E-state index is 0.292. The summed E-state index contributed by atoms with van der Waals surface area (Å²) in [6, 6.07) is 3.91. The molecule has 94 valence electrons. The van der Waals surface area contributed by atoms with Gasteiger partial charge in [0.1, 0.15) is 5.56 Å². The number of aryl methyl sites for hydroxylation is 1. The number of carbonyl (C=O) groups excluding carboxylic acids is 1. The van der Waals surface area contributed by atoms with E-state index < -0.39 is 0 Å². The Hall–Kier alpha value is -1.84. The van der Waals surface area contributed by atoms with Crippen LogP contribution in [0.5, 0.6) is 0 Å². The molecule has 0 amide bonds. The van der Waals surface area contributed by atoms with E-state index in [1.165, 1.54) is 18.5 Å². The molecule has 4 heteroatoms. The zero-order chi connectivity index (χ0) is 12.7. The summed E-state index contributed by atoms with van der Waals surface area (Å²) in [5.41, 5.74) is 3.49.